The molecule has 1 amide bonds. The fraction of sp³-hybridized carbons (Fsp3) is 0.417. The average molecular weight is 207 g/mol. The molecule has 0 aliphatic heterocycles. The average Bonchev–Trinajstić information content (AvgIpc) is 2.18. The second-order valence-corrected chi connectivity index (χ2v) is 3.64. The molecule has 0 aliphatic carbocycles. The Bertz CT molecular complexity index is 317. The van der Waals surface area contributed by atoms with E-state index in [9.17, 15) is 4.79 Å². The Morgan fingerprint density at radius 2 is 1.93 bits per heavy atom. The Labute approximate surface area is 90.4 Å². The number of hydrogen-bond donors (Lipinski definition) is 1. The highest BCUT2D eigenvalue weighted by molar-refractivity contribution is 5.70. The van der Waals surface area contributed by atoms with Crippen molar-refractivity contribution >= 4 is 6.09 Å². The Hall–Kier alpha value is -1.51. The first kappa shape index (κ1) is 11.6. The summed E-state index contributed by atoms with van der Waals surface area (Å²) in [5.74, 6) is 1.06. The predicted octanol–water partition coefficient (Wildman–Crippen LogP) is 2.92. The molecule has 0 bridgehead atoms. The molecule has 0 unspecified atom stereocenters. The van der Waals surface area contributed by atoms with Crippen molar-refractivity contribution < 1.29 is 9.53 Å². The monoisotopic (exact) mass is 207 g/mol. The number of ether oxygens (including phenoxy) is 1. The molecule has 3 heteroatoms. The predicted molar refractivity (Wildman–Crippen MR) is 60.2 cm³/mol. The lowest BCUT2D eigenvalue weighted by molar-refractivity contribution is 0.201. The smallest absolute Gasteiger partial charge is 0.410 e. The zero-order valence-electron chi connectivity index (χ0n) is 9.41. The first-order valence-electron chi connectivity index (χ1n) is 5.19. The molecule has 1 aromatic rings. The van der Waals surface area contributed by atoms with Crippen LogP contribution in [-0.2, 0) is 0 Å². The molecule has 82 valence electrons. The number of carbonyl (C=O) groups excluding carboxylic acids is 1. The van der Waals surface area contributed by atoms with E-state index in [1.165, 1.54) is 5.56 Å². The van der Waals surface area contributed by atoms with E-state index in [1.807, 2.05) is 31.2 Å². The quantitative estimate of drug-likeness (QED) is 0.827. The van der Waals surface area contributed by atoms with E-state index in [0.29, 0.717) is 18.2 Å². The van der Waals surface area contributed by atoms with Crippen LogP contribution in [0.15, 0.2) is 24.3 Å². The fourth-order valence-corrected chi connectivity index (χ4v) is 1.21. The van der Waals surface area contributed by atoms with E-state index in [-0.39, 0.29) is 0 Å². The van der Waals surface area contributed by atoms with Gasteiger partial charge in [0.2, 0.25) is 0 Å². The van der Waals surface area contributed by atoms with Crippen LogP contribution in [0.5, 0.6) is 5.75 Å². The first-order valence-corrected chi connectivity index (χ1v) is 5.19. The van der Waals surface area contributed by atoms with Crippen molar-refractivity contribution in [1.82, 2.24) is 5.32 Å². The van der Waals surface area contributed by atoms with Crippen molar-refractivity contribution in [3.8, 4) is 5.75 Å². The molecule has 0 atom stereocenters. The Balaban J connectivity index is 2.60. The van der Waals surface area contributed by atoms with Gasteiger partial charge < -0.3 is 10.1 Å². The van der Waals surface area contributed by atoms with Crippen molar-refractivity contribution in [2.75, 3.05) is 6.54 Å². The van der Waals surface area contributed by atoms with E-state index in [0.717, 1.165) is 0 Å². The van der Waals surface area contributed by atoms with Crippen LogP contribution in [0.25, 0.3) is 0 Å². The summed E-state index contributed by atoms with van der Waals surface area (Å²) in [6, 6.07) is 7.56. The Kier molecular flexibility index (Phi) is 4.16. The Morgan fingerprint density at radius 3 is 2.40 bits per heavy atom. The van der Waals surface area contributed by atoms with Crippen LogP contribution in [-0.4, -0.2) is 12.6 Å². The number of amides is 1. The van der Waals surface area contributed by atoms with E-state index in [4.69, 9.17) is 4.74 Å². The molecule has 1 aromatic carbocycles. The van der Waals surface area contributed by atoms with E-state index < -0.39 is 6.09 Å². The molecule has 3 nitrogen and oxygen atoms in total. The lowest BCUT2D eigenvalue weighted by Crippen LogP contribution is -2.26. The summed E-state index contributed by atoms with van der Waals surface area (Å²) in [6.07, 6.45) is -0.408. The maximum atomic E-state index is 11.1. The lowest BCUT2D eigenvalue weighted by atomic mass is 10.0. The summed E-state index contributed by atoms with van der Waals surface area (Å²) >= 11 is 0. The molecule has 0 spiro atoms. The van der Waals surface area contributed by atoms with Crippen molar-refractivity contribution in [1.29, 1.82) is 0 Å². The van der Waals surface area contributed by atoms with Gasteiger partial charge in [0.05, 0.1) is 0 Å². The van der Waals surface area contributed by atoms with E-state index in [2.05, 4.69) is 19.2 Å². The topological polar surface area (TPSA) is 38.3 Å². The summed E-state index contributed by atoms with van der Waals surface area (Å²) in [7, 11) is 0. The number of nitrogens with one attached hydrogen (secondary N) is 1. The lowest BCUT2D eigenvalue weighted by Gasteiger charge is -2.07. The van der Waals surface area contributed by atoms with Gasteiger partial charge in [-0.05, 0) is 30.5 Å². The fourth-order valence-electron chi connectivity index (χ4n) is 1.21. The van der Waals surface area contributed by atoms with Gasteiger partial charge in [-0.3, -0.25) is 0 Å². The van der Waals surface area contributed by atoms with Crippen LogP contribution in [0.2, 0.25) is 0 Å². The summed E-state index contributed by atoms with van der Waals surface area (Å²) < 4.78 is 5.04. The molecule has 1 N–H and O–H groups in total. The van der Waals surface area contributed by atoms with Gasteiger partial charge in [0.25, 0.3) is 0 Å². The highest BCUT2D eigenvalue weighted by Crippen LogP contribution is 2.18. The second kappa shape index (κ2) is 5.39. The molecular formula is C12H17NO2. The van der Waals surface area contributed by atoms with Gasteiger partial charge in [-0.15, -0.1) is 0 Å². The zero-order valence-corrected chi connectivity index (χ0v) is 9.41. The number of benzene rings is 1. The van der Waals surface area contributed by atoms with Gasteiger partial charge in [0, 0.05) is 6.54 Å². The molecule has 0 fully saturated rings. The van der Waals surface area contributed by atoms with Gasteiger partial charge in [0.15, 0.2) is 0 Å². The molecule has 1 rings (SSSR count). The summed E-state index contributed by atoms with van der Waals surface area (Å²) in [5.41, 5.74) is 1.23. The molecule has 0 saturated heterocycles. The SMILES string of the molecule is CCNC(=O)Oc1ccc(C(C)C)cc1. The first-order chi connectivity index (χ1) is 7.13. The number of carbonyl (C=O) groups is 1. The van der Waals surface area contributed by atoms with Crippen LogP contribution < -0.4 is 10.1 Å². The summed E-state index contributed by atoms with van der Waals surface area (Å²) in [6.45, 7) is 6.67. The largest absolute Gasteiger partial charge is 0.412 e. The van der Waals surface area contributed by atoms with Crippen LogP contribution in [0.1, 0.15) is 32.3 Å². The van der Waals surface area contributed by atoms with Gasteiger partial charge in [-0.25, -0.2) is 4.79 Å². The normalized spacial score (nSPS) is 10.1. The van der Waals surface area contributed by atoms with E-state index >= 15 is 0 Å². The third-order valence-electron chi connectivity index (χ3n) is 2.08. The van der Waals surface area contributed by atoms with Crippen molar-refractivity contribution in [3.05, 3.63) is 29.8 Å². The van der Waals surface area contributed by atoms with Crippen LogP contribution in [0.3, 0.4) is 0 Å². The third-order valence-corrected chi connectivity index (χ3v) is 2.08. The molecule has 15 heavy (non-hydrogen) atoms. The molecule has 0 aliphatic rings. The van der Waals surface area contributed by atoms with E-state index in [1.54, 1.807) is 0 Å². The van der Waals surface area contributed by atoms with Crippen molar-refractivity contribution in [3.63, 3.8) is 0 Å². The second-order valence-electron chi connectivity index (χ2n) is 3.64. The summed E-state index contributed by atoms with van der Waals surface area (Å²) in [5, 5.41) is 2.57. The maximum Gasteiger partial charge on any atom is 0.412 e. The zero-order chi connectivity index (χ0) is 11.3. The van der Waals surface area contributed by atoms with Gasteiger partial charge in [-0.1, -0.05) is 26.0 Å². The molecule has 0 aromatic heterocycles. The Morgan fingerprint density at radius 1 is 1.33 bits per heavy atom. The molecule has 0 heterocycles. The minimum absolute atomic E-state index is 0.408. The van der Waals surface area contributed by atoms with Crippen molar-refractivity contribution in [2.45, 2.75) is 26.7 Å². The minimum atomic E-state index is -0.408. The highest BCUT2D eigenvalue weighted by atomic mass is 16.5. The van der Waals surface area contributed by atoms with Crippen LogP contribution in [0, 0.1) is 0 Å². The standard InChI is InChI=1S/C12H17NO2/c1-4-13-12(14)15-11-7-5-10(6-8-11)9(2)3/h5-9H,4H2,1-3H3,(H,13,14). The van der Waals surface area contributed by atoms with Gasteiger partial charge in [0.1, 0.15) is 5.75 Å². The van der Waals surface area contributed by atoms with Gasteiger partial charge >= 0.3 is 6.09 Å². The van der Waals surface area contributed by atoms with Crippen LogP contribution in [0.4, 0.5) is 4.79 Å². The number of rotatable bonds is 3. The maximum absolute atomic E-state index is 11.1. The summed E-state index contributed by atoms with van der Waals surface area (Å²) in [4.78, 5) is 11.1. The molecule has 0 radical (unpaired) electrons. The third kappa shape index (κ3) is 3.62. The highest BCUT2D eigenvalue weighted by Gasteiger charge is 2.03. The van der Waals surface area contributed by atoms with Crippen molar-refractivity contribution in [2.24, 2.45) is 0 Å². The molecular weight excluding hydrogens is 190 g/mol. The molecule has 0 saturated carbocycles. The van der Waals surface area contributed by atoms with Gasteiger partial charge in [-0.2, -0.15) is 0 Å². The number of hydrogen-bond acceptors (Lipinski definition) is 2. The minimum Gasteiger partial charge on any atom is -0.410 e. The van der Waals surface area contributed by atoms with Crippen LogP contribution >= 0.6 is 0 Å².